The third-order valence-electron chi connectivity index (χ3n) is 3.37. The molecule has 2 heterocycles. The summed E-state index contributed by atoms with van der Waals surface area (Å²) in [5.74, 6) is 0.116. The van der Waals surface area contributed by atoms with Crippen molar-refractivity contribution in [2.45, 2.75) is 19.4 Å². The van der Waals surface area contributed by atoms with Crippen LogP contribution in [0.5, 0.6) is 11.8 Å². The first-order chi connectivity index (χ1) is 11.2. The van der Waals surface area contributed by atoms with E-state index in [1.54, 1.807) is 43.6 Å². The Kier molecular flexibility index (Phi) is 4.54. The van der Waals surface area contributed by atoms with Gasteiger partial charge in [-0.05, 0) is 36.1 Å². The van der Waals surface area contributed by atoms with E-state index >= 15 is 0 Å². The van der Waals surface area contributed by atoms with Gasteiger partial charge in [-0.25, -0.2) is 9.97 Å². The minimum Gasteiger partial charge on any atom is -0.466 e. The van der Waals surface area contributed by atoms with E-state index in [2.05, 4.69) is 9.97 Å². The number of hydrogen-bond donors (Lipinski definition) is 1. The Labute approximate surface area is 133 Å². The topological polar surface area (TPSA) is 90.8 Å². The molecule has 0 saturated heterocycles. The van der Waals surface area contributed by atoms with E-state index in [1.165, 1.54) is 0 Å². The number of aromatic nitrogens is 2. The molecule has 0 aliphatic carbocycles. The van der Waals surface area contributed by atoms with Crippen molar-refractivity contribution in [3.05, 3.63) is 42.2 Å². The Bertz CT molecular complexity index is 698. The molecule has 0 bridgehead atoms. The van der Waals surface area contributed by atoms with Gasteiger partial charge in [-0.15, -0.1) is 0 Å². The number of benzene rings is 1. The summed E-state index contributed by atoms with van der Waals surface area (Å²) in [4.78, 5) is 19.5. The standard InChI is InChI=1S/C15H15BN2O5/c1-2-21-14(19)9-13-11-5-4-10(8-12(11)16(20)23-13)22-15-17-6-3-7-18-15/h3-8,13,20H,2,9H2,1H3. The van der Waals surface area contributed by atoms with E-state index < -0.39 is 13.2 Å². The zero-order valence-corrected chi connectivity index (χ0v) is 12.5. The minimum atomic E-state index is -1.11. The summed E-state index contributed by atoms with van der Waals surface area (Å²) in [6.07, 6.45) is 2.67. The van der Waals surface area contributed by atoms with Crippen LogP contribution in [0.15, 0.2) is 36.7 Å². The highest BCUT2D eigenvalue weighted by molar-refractivity contribution is 6.61. The van der Waals surface area contributed by atoms with Crippen molar-refractivity contribution in [2.75, 3.05) is 6.61 Å². The summed E-state index contributed by atoms with van der Waals surface area (Å²) in [6.45, 7) is 2.05. The molecule has 1 atom stereocenters. The molecular weight excluding hydrogens is 299 g/mol. The van der Waals surface area contributed by atoms with Crippen LogP contribution in [0.1, 0.15) is 25.0 Å². The molecule has 1 aliphatic rings. The second-order valence-corrected chi connectivity index (χ2v) is 4.91. The minimum absolute atomic E-state index is 0.0555. The molecule has 3 rings (SSSR count). The Balaban J connectivity index is 1.77. The smallest absolute Gasteiger partial charge is 0.466 e. The Morgan fingerprint density at radius 3 is 2.91 bits per heavy atom. The fourth-order valence-electron chi connectivity index (χ4n) is 2.40. The van der Waals surface area contributed by atoms with Crippen molar-refractivity contribution in [3.8, 4) is 11.8 Å². The average Bonchev–Trinajstić information content (AvgIpc) is 2.84. The monoisotopic (exact) mass is 314 g/mol. The molecule has 2 aromatic rings. The van der Waals surface area contributed by atoms with Crippen LogP contribution in [-0.4, -0.2) is 34.7 Å². The zero-order chi connectivity index (χ0) is 16.2. The molecule has 7 nitrogen and oxygen atoms in total. The summed E-state index contributed by atoms with van der Waals surface area (Å²) >= 11 is 0. The highest BCUT2D eigenvalue weighted by atomic mass is 16.5. The number of hydrogen-bond acceptors (Lipinski definition) is 7. The van der Waals surface area contributed by atoms with Gasteiger partial charge in [-0.1, -0.05) is 6.07 Å². The fraction of sp³-hybridized carbons (Fsp3) is 0.267. The second kappa shape index (κ2) is 6.76. The maximum absolute atomic E-state index is 11.6. The molecule has 1 unspecified atom stereocenters. The highest BCUT2D eigenvalue weighted by Crippen LogP contribution is 2.29. The number of nitrogens with zero attached hydrogens (tertiary/aromatic N) is 2. The number of esters is 1. The predicted molar refractivity (Wildman–Crippen MR) is 81.2 cm³/mol. The first-order valence-corrected chi connectivity index (χ1v) is 7.25. The van der Waals surface area contributed by atoms with E-state index in [-0.39, 0.29) is 18.4 Å². The van der Waals surface area contributed by atoms with Gasteiger partial charge in [0.05, 0.1) is 19.1 Å². The van der Waals surface area contributed by atoms with Gasteiger partial charge in [0.2, 0.25) is 0 Å². The molecule has 1 aromatic carbocycles. The lowest BCUT2D eigenvalue weighted by atomic mass is 9.79. The van der Waals surface area contributed by atoms with Crippen molar-refractivity contribution in [1.82, 2.24) is 9.97 Å². The van der Waals surface area contributed by atoms with Crippen LogP contribution in [0.25, 0.3) is 0 Å². The van der Waals surface area contributed by atoms with E-state index in [9.17, 15) is 9.82 Å². The van der Waals surface area contributed by atoms with Gasteiger partial charge in [0.1, 0.15) is 5.75 Å². The van der Waals surface area contributed by atoms with E-state index in [0.717, 1.165) is 5.56 Å². The highest BCUT2D eigenvalue weighted by Gasteiger charge is 2.36. The van der Waals surface area contributed by atoms with Crippen LogP contribution in [0.4, 0.5) is 0 Å². The molecule has 1 N–H and O–H groups in total. The van der Waals surface area contributed by atoms with E-state index in [0.29, 0.717) is 17.8 Å². The van der Waals surface area contributed by atoms with Crippen molar-refractivity contribution >= 4 is 18.6 Å². The molecule has 0 saturated carbocycles. The van der Waals surface area contributed by atoms with Gasteiger partial charge in [0.15, 0.2) is 0 Å². The van der Waals surface area contributed by atoms with Crippen LogP contribution in [0.3, 0.4) is 0 Å². The quantitative estimate of drug-likeness (QED) is 0.650. The lowest BCUT2D eigenvalue weighted by Gasteiger charge is -2.11. The van der Waals surface area contributed by atoms with Gasteiger partial charge in [-0.2, -0.15) is 0 Å². The largest absolute Gasteiger partial charge is 0.492 e. The SMILES string of the molecule is CCOC(=O)CC1OB(O)c2cc(Oc3ncccn3)ccc21. The molecule has 0 fully saturated rings. The lowest BCUT2D eigenvalue weighted by Crippen LogP contribution is -2.28. The van der Waals surface area contributed by atoms with Crippen molar-refractivity contribution in [1.29, 1.82) is 0 Å². The van der Waals surface area contributed by atoms with Gasteiger partial charge in [0, 0.05) is 12.4 Å². The molecule has 0 spiro atoms. The first kappa shape index (κ1) is 15.5. The van der Waals surface area contributed by atoms with Crippen molar-refractivity contribution in [3.63, 3.8) is 0 Å². The van der Waals surface area contributed by atoms with Gasteiger partial charge >= 0.3 is 19.1 Å². The molecule has 0 radical (unpaired) electrons. The van der Waals surface area contributed by atoms with E-state index in [1.807, 2.05) is 0 Å². The predicted octanol–water partition coefficient (Wildman–Crippen LogP) is 0.981. The summed E-state index contributed by atoms with van der Waals surface area (Å²) in [5.41, 5.74) is 1.31. The summed E-state index contributed by atoms with van der Waals surface area (Å²) in [6, 6.07) is 7.03. The zero-order valence-electron chi connectivity index (χ0n) is 12.5. The van der Waals surface area contributed by atoms with Crippen LogP contribution in [-0.2, 0) is 14.2 Å². The second-order valence-electron chi connectivity index (χ2n) is 4.91. The fourth-order valence-corrected chi connectivity index (χ4v) is 2.40. The van der Waals surface area contributed by atoms with Gasteiger partial charge in [0.25, 0.3) is 0 Å². The van der Waals surface area contributed by atoms with Crippen molar-refractivity contribution in [2.24, 2.45) is 0 Å². The maximum atomic E-state index is 11.6. The third kappa shape index (κ3) is 3.49. The normalized spacial score (nSPS) is 16.1. The van der Waals surface area contributed by atoms with E-state index in [4.69, 9.17) is 14.1 Å². The van der Waals surface area contributed by atoms with Gasteiger partial charge in [-0.3, -0.25) is 4.79 Å². The number of ether oxygens (including phenoxy) is 2. The molecule has 8 heteroatoms. The molecule has 118 valence electrons. The average molecular weight is 314 g/mol. The molecular formula is C15H15BN2O5. The number of rotatable bonds is 5. The van der Waals surface area contributed by atoms with Crippen LogP contribution in [0, 0.1) is 0 Å². The molecule has 1 aliphatic heterocycles. The Hall–Kier alpha value is -2.45. The number of carbonyl (C=O) groups is 1. The summed E-state index contributed by atoms with van der Waals surface area (Å²) < 4.78 is 15.9. The van der Waals surface area contributed by atoms with Gasteiger partial charge < -0.3 is 19.2 Å². The number of carbonyl (C=O) groups excluding carboxylic acids is 1. The Morgan fingerprint density at radius 1 is 1.39 bits per heavy atom. The lowest BCUT2D eigenvalue weighted by molar-refractivity contribution is -0.145. The first-order valence-electron chi connectivity index (χ1n) is 7.25. The third-order valence-corrected chi connectivity index (χ3v) is 3.37. The maximum Gasteiger partial charge on any atom is 0.492 e. The Morgan fingerprint density at radius 2 is 2.17 bits per heavy atom. The van der Waals surface area contributed by atoms with Crippen LogP contribution >= 0.6 is 0 Å². The number of fused-ring (bicyclic) bond motifs is 1. The molecule has 0 amide bonds. The summed E-state index contributed by atoms with van der Waals surface area (Å²) in [7, 11) is -1.11. The molecule has 1 aromatic heterocycles. The summed E-state index contributed by atoms with van der Waals surface area (Å²) in [5, 5.41) is 10.0. The molecule has 23 heavy (non-hydrogen) atoms. The van der Waals surface area contributed by atoms with Crippen LogP contribution in [0.2, 0.25) is 0 Å². The van der Waals surface area contributed by atoms with Crippen molar-refractivity contribution < 1.29 is 23.9 Å². The van der Waals surface area contributed by atoms with Crippen LogP contribution < -0.4 is 10.2 Å².